The number of anilines is 1. The molecule has 0 atom stereocenters. The fourth-order valence-corrected chi connectivity index (χ4v) is 1.38. The molecule has 100 valence electrons. The first-order valence-corrected chi connectivity index (χ1v) is 5.17. The molecule has 0 aliphatic heterocycles. The molecule has 0 spiro atoms. The third kappa shape index (κ3) is 3.81. The monoisotopic (exact) mass is 260 g/mol. The van der Waals surface area contributed by atoms with Gasteiger partial charge in [-0.25, -0.2) is 13.8 Å². The number of halogens is 2. The SMILES string of the molecule is N/C(=N/O)c1cccc(N(CCO)CC(F)F)n1. The molecule has 1 heterocycles. The Morgan fingerprint density at radius 2 is 2.22 bits per heavy atom. The van der Waals surface area contributed by atoms with Gasteiger partial charge in [0.2, 0.25) is 0 Å². The topological polar surface area (TPSA) is 95.0 Å². The molecule has 4 N–H and O–H groups in total. The summed E-state index contributed by atoms with van der Waals surface area (Å²) >= 11 is 0. The molecule has 0 fully saturated rings. The molecule has 8 heteroatoms. The highest BCUT2D eigenvalue weighted by molar-refractivity contribution is 5.95. The van der Waals surface area contributed by atoms with Crippen molar-refractivity contribution in [3.05, 3.63) is 23.9 Å². The van der Waals surface area contributed by atoms with Gasteiger partial charge < -0.3 is 20.9 Å². The first-order chi connectivity index (χ1) is 8.58. The van der Waals surface area contributed by atoms with Gasteiger partial charge >= 0.3 is 0 Å². The second-order valence-electron chi connectivity index (χ2n) is 3.43. The second kappa shape index (κ2) is 6.70. The number of hydrogen-bond acceptors (Lipinski definition) is 5. The highest BCUT2D eigenvalue weighted by atomic mass is 19.3. The Bertz CT molecular complexity index is 415. The van der Waals surface area contributed by atoms with Crippen molar-refractivity contribution in [1.29, 1.82) is 0 Å². The average Bonchev–Trinajstić information content (AvgIpc) is 2.37. The van der Waals surface area contributed by atoms with Gasteiger partial charge in [-0.15, -0.1) is 0 Å². The minimum Gasteiger partial charge on any atom is -0.409 e. The van der Waals surface area contributed by atoms with Crippen LogP contribution in [0.2, 0.25) is 0 Å². The highest BCUT2D eigenvalue weighted by Crippen LogP contribution is 2.13. The number of nitrogens with two attached hydrogens (primary N) is 1. The van der Waals surface area contributed by atoms with Crippen molar-refractivity contribution in [3.63, 3.8) is 0 Å². The molecule has 18 heavy (non-hydrogen) atoms. The zero-order chi connectivity index (χ0) is 13.5. The first kappa shape index (κ1) is 14.1. The Labute approximate surface area is 102 Å². The predicted molar refractivity (Wildman–Crippen MR) is 62.1 cm³/mol. The van der Waals surface area contributed by atoms with Gasteiger partial charge in [-0.05, 0) is 12.1 Å². The number of rotatable bonds is 6. The van der Waals surface area contributed by atoms with Gasteiger partial charge in [0.15, 0.2) is 5.84 Å². The number of alkyl halides is 2. The van der Waals surface area contributed by atoms with Crippen molar-refractivity contribution in [3.8, 4) is 0 Å². The van der Waals surface area contributed by atoms with E-state index in [0.717, 1.165) is 0 Å². The Balaban J connectivity index is 2.97. The van der Waals surface area contributed by atoms with E-state index in [1.165, 1.54) is 17.0 Å². The average molecular weight is 260 g/mol. The third-order valence-corrected chi connectivity index (χ3v) is 2.16. The van der Waals surface area contributed by atoms with Crippen LogP contribution in [0, 0.1) is 0 Å². The van der Waals surface area contributed by atoms with Crippen LogP contribution >= 0.6 is 0 Å². The van der Waals surface area contributed by atoms with Crippen molar-refractivity contribution in [2.75, 3.05) is 24.6 Å². The zero-order valence-electron chi connectivity index (χ0n) is 9.50. The van der Waals surface area contributed by atoms with E-state index < -0.39 is 13.0 Å². The lowest BCUT2D eigenvalue weighted by molar-refractivity contribution is 0.152. The molecule has 0 bridgehead atoms. The van der Waals surface area contributed by atoms with Gasteiger partial charge in [-0.3, -0.25) is 0 Å². The predicted octanol–water partition coefficient (Wildman–Crippen LogP) is 0.240. The van der Waals surface area contributed by atoms with E-state index in [4.69, 9.17) is 16.0 Å². The molecule has 0 saturated carbocycles. The van der Waals surface area contributed by atoms with Crippen LogP contribution in [0.3, 0.4) is 0 Å². The van der Waals surface area contributed by atoms with Gasteiger partial charge in [0.05, 0.1) is 13.2 Å². The Kier molecular flexibility index (Phi) is 5.25. The van der Waals surface area contributed by atoms with Crippen LogP contribution in [-0.4, -0.2) is 47.3 Å². The number of pyridine rings is 1. The van der Waals surface area contributed by atoms with Crippen LogP contribution < -0.4 is 10.6 Å². The van der Waals surface area contributed by atoms with Gasteiger partial charge in [-0.1, -0.05) is 11.2 Å². The summed E-state index contributed by atoms with van der Waals surface area (Å²) in [6.07, 6.45) is -2.55. The van der Waals surface area contributed by atoms with Crippen molar-refractivity contribution in [2.45, 2.75) is 6.43 Å². The summed E-state index contributed by atoms with van der Waals surface area (Å²) < 4.78 is 24.8. The lowest BCUT2D eigenvalue weighted by atomic mass is 10.3. The fraction of sp³-hybridized carbons (Fsp3) is 0.400. The van der Waals surface area contributed by atoms with E-state index in [-0.39, 0.29) is 30.5 Å². The molecule has 6 nitrogen and oxygen atoms in total. The minimum atomic E-state index is -2.55. The van der Waals surface area contributed by atoms with E-state index in [2.05, 4.69) is 10.1 Å². The van der Waals surface area contributed by atoms with Crippen molar-refractivity contribution < 1.29 is 19.1 Å². The summed E-state index contributed by atoms with van der Waals surface area (Å²) in [5.41, 5.74) is 5.53. The summed E-state index contributed by atoms with van der Waals surface area (Å²) in [4.78, 5) is 5.20. The van der Waals surface area contributed by atoms with Crippen LogP contribution in [0.4, 0.5) is 14.6 Å². The van der Waals surface area contributed by atoms with Crippen molar-refractivity contribution in [1.82, 2.24) is 4.98 Å². The quantitative estimate of drug-likeness (QED) is 0.295. The number of amidine groups is 1. The summed E-state index contributed by atoms with van der Waals surface area (Å²) in [6.45, 7) is -0.799. The minimum absolute atomic E-state index is 0.0248. The van der Waals surface area contributed by atoms with Gasteiger partial charge in [0.1, 0.15) is 11.5 Å². The maximum absolute atomic E-state index is 12.4. The lowest BCUT2D eigenvalue weighted by Crippen LogP contribution is -2.32. The molecule has 1 aromatic rings. The lowest BCUT2D eigenvalue weighted by Gasteiger charge is -2.22. The van der Waals surface area contributed by atoms with Crippen LogP contribution in [0.1, 0.15) is 5.69 Å². The van der Waals surface area contributed by atoms with E-state index in [0.29, 0.717) is 0 Å². The molecular formula is C10H14F2N4O2. The van der Waals surface area contributed by atoms with Crippen LogP contribution in [0.5, 0.6) is 0 Å². The normalized spacial score (nSPS) is 11.9. The summed E-state index contributed by atoms with van der Waals surface area (Å²) in [6, 6.07) is 4.54. The Hall–Kier alpha value is -1.96. The number of aliphatic hydroxyl groups is 1. The smallest absolute Gasteiger partial charge is 0.255 e. The summed E-state index contributed by atoms with van der Waals surface area (Å²) in [7, 11) is 0. The largest absolute Gasteiger partial charge is 0.409 e. The van der Waals surface area contributed by atoms with E-state index >= 15 is 0 Å². The number of aliphatic hydroxyl groups excluding tert-OH is 1. The van der Waals surface area contributed by atoms with Gasteiger partial charge in [0.25, 0.3) is 6.43 Å². The molecule has 0 unspecified atom stereocenters. The number of hydrogen-bond donors (Lipinski definition) is 3. The molecule has 0 radical (unpaired) electrons. The van der Waals surface area contributed by atoms with Crippen molar-refractivity contribution >= 4 is 11.7 Å². The Morgan fingerprint density at radius 1 is 1.50 bits per heavy atom. The fourth-order valence-electron chi connectivity index (χ4n) is 1.38. The maximum Gasteiger partial charge on any atom is 0.255 e. The standard InChI is InChI=1S/C10H14F2N4O2/c11-8(12)6-16(4-5-17)9-3-1-2-7(14-9)10(13)15-18/h1-3,8,17-18H,4-6H2,(H2,13,15). The van der Waals surface area contributed by atoms with E-state index in [1.54, 1.807) is 6.07 Å². The zero-order valence-corrected chi connectivity index (χ0v) is 9.50. The molecule has 0 aromatic carbocycles. The summed E-state index contributed by atoms with van der Waals surface area (Å²) in [5, 5.41) is 20.1. The van der Waals surface area contributed by atoms with E-state index in [1.807, 2.05) is 0 Å². The third-order valence-electron chi connectivity index (χ3n) is 2.16. The molecule has 0 aliphatic rings. The number of oxime groups is 1. The molecule has 1 rings (SSSR count). The highest BCUT2D eigenvalue weighted by Gasteiger charge is 2.14. The molecular weight excluding hydrogens is 246 g/mol. The number of aromatic nitrogens is 1. The van der Waals surface area contributed by atoms with E-state index in [9.17, 15) is 8.78 Å². The maximum atomic E-state index is 12.4. The molecule has 1 aromatic heterocycles. The first-order valence-electron chi connectivity index (χ1n) is 5.17. The summed E-state index contributed by atoms with van der Waals surface area (Å²) in [5.74, 6) is 0.0197. The second-order valence-corrected chi connectivity index (χ2v) is 3.43. The number of nitrogens with zero attached hydrogens (tertiary/aromatic N) is 3. The van der Waals surface area contributed by atoms with Crippen molar-refractivity contribution in [2.24, 2.45) is 10.9 Å². The van der Waals surface area contributed by atoms with Gasteiger partial charge in [0, 0.05) is 6.54 Å². The Morgan fingerprint density at radius 3 is 2.78 bits per heavy atom. The molecule has 0 aliphatic carbocycles. The van der Waals surface area contributed by atoms with Crippen LogP contribution in [-0.2, 0) is 0 Å². The van der Waals surface area contributed by atoms with Crippen LogP contribution in [0.15, 0.2) is 23.4 Å². The van der Waals surface area contributed by atoms with Crippen LogP contribution in [0.25, 0.3) is 0 Å². The molecule has 0 saturated heterocycles. The van der Waals surface area contributed by atoms with Gasteiger partial charge in [-0.2, -0.15) is 0 Å². The molecule has 0 amide bonds.